The molecule has 2 rings (SSSR count). The molecule has 0 aliphatic carbocycles. The predicted octanol–water partition coefficient (Wildman–Crippen LogP) is 3.05. The first-order chi connectivity index (χ1) is 8.67. The third kappa shape index (κ3) is 2.07. The number of hydrogen-bond acceptors (Lipinski definition) is 4. The Kier molecular flexibility index (Phi) is 3.33. The molecule has 0 fully saturated rings. The second-order valence-electron chi connectivity index (χ2n) is 3.95. The lowest BCUT2D eigenvalue weighted by Crippen LogP contribution is -2.22. The molecule has 0 amide bonds. The third-order valence-corrected chi connectivity index (χ3v) is 2.75. The van der Waals surface area contributed by atoms with Crippen LogP contribution in [0.5, 0.6) is 5.75 Å². The van der Waals surface area contributed by atoms with E-state index in [1.165, 1.54) is 0 Å². The number of benzene rings is 1. The zero-order valence-electron chi connectivity index (χ0n) is 10.3. The molecule has 0 radical (unpaired) electrons. The van der Waals surface area contributed by atoms with Gasteiger partial charge in [0, 0.05) is 6.42 Å². The molecule has 4 heteroatoms. The van der Waals surface area contributed by atoms with Crippen LogP contribution in [0, 0.1) is 11.3 Å². The van der Waals surface area contributed by atoms with Crippen LogP contribution in [0.3, 0.4) is 0 Å². The monoisotopic (exact) mass is 243 g/mol. The number of nitrogens with zero attached hydrogens (tertiary/aromatic N) is 1. The van der Waals surface area contributed by atoms with Gasteiger partial charge in [-0.2, -0.15) is 5.26 Å². The number of Topliss-reactive ketones (excluding diaryl/α,β-unsaturated/α-hetero) is 1. The van der Waals surface area contributed by atoms with Crippen molar-refractivity contribution in [1.29, 1.82) is 5.26 Å². The number of hydrogen-bond donors (Lipinski definition) is 0. The van der Waals surface area contributed by atoms with Crippen LogP contribution in [0.1, 0.15) is 26.0 Å². The largest absolute Gasteiger partial charge is 0.477 e. The fourth-order valence-electron chi connectivity index (χ4n) is 1.74. The summed E-state index contributed by atoms with van der Waals surface area (Å²) < 4.78 is 10.9. The second-order valence-corrected chi connectivity index (χ2v) is 3.95. The Morgan fingerprint density at radius 1 is 1.50 bits per heavy atom. The van der Waals surface area contributed by atoms with Gasteiger partial charge in [-0.1, -0.05) is 19.1 Å². The molecule has 1 aromatic heterocycles. The lowest BCUT2D eigenvalue weighted by atomic mass is 10.2. The average molecular weight is 243 g/mol. The van der Waals surface area contributed by atoms with Crippen LogP contribution in [0.25, 0.3) is 11.0 Å². The first kappa shape index (κ1) is 12.2. The molecule has 1 aromatic carbocycles. The Bertz CT molecular complexity index is 621. The summed E-state index contributed by atoms with van der Waals surface area (Å²) in [6.07, 6.45) is -0.179. The first-order valence-corrected chi connectivity index (χ1v) is 5.78. The van der Waals surface area contributed by atoms with Gasteiger partial charge in [0.1, 0.15) is 11.7 Å². The fourth-order valence-corrected chi connectivity index (χ4v) is 1.74. The standard InChI is InChI=1S/C14H13NO3/c1-3-11(16)9(2)17-14-10-6-4-5-7-12(10)18-13(14)8-15/h4-7,9H,3H2,1-2H3. The van der Waals surface area contributed by atoms with Crippen LogP contribution in [-0.2, 0) is 4.79 Å². The number of furan rings is 1. The molecular weight excluding hydrogens is 230 g/mol. The molecule has 0 bridgehead atoms. The molecule has 1 atom stereocenters. The summed E-state index contributed by atoms with van der Waals surface area (Å²) in [5.41, 5.74) is 0.584. The van der Waals surface area contributed by atoms with E-state index in [9.17, 15) is 4.79 Å². The van der Waals surface area contributed by atoms with Gasteiger partial charge in [0.05, 0.1) is 5.39 Å². The van der Waals surface area contributed by atoms with Gasteiger partial charge in [0.15, 0.2) is 17.6 Å². The molecule has 18 heavy (non-hydrogen) atoms. The third-order valence-electron chi connectivity index (χ3n) is 2.75. The molecule has 4 nitrogen and oxygen atoms in total. The molecule has 0 aliphatic heterocycles. The Labute approximate surface area is 105 Å². The fraction of sp³-hybridized carbons (Fsp3) is 0.286. The minimum atomic E-state index is -0.580. The Morgan fingerprint density at radius 2 is 2.22 bits per heavy atom. The van der Waals surface area contributed by atoms with Gasteiger partial charge in [-0.05, 0) is 19.1 Å². The molecule has 92 valence electrons. The van der Waals surface area contributed by atoms with Gasteiger partial charge >= 0.3 is 0 Å². The van der Waals surface area contributed by atoms with Crippen LogP contribution < -0.4 is 4.74 Å². The summed E-state index contributed by atoms with van der Waals surface area (Å²) >= 11 is 0. The van der Waals surface area contributed by atoms with E-state index < -0.39 is 6.10 Å². The summed E-state index contributed by atoms with van der Waals surface area (Å²) in [5, 5.41) is 9.73. The Hall–Kier alpha value is -2.28. The molecule has 0 spiro atoms. The number of para-hydroxylation sites is 1. The van der Waals surface area contributed by atoms with Gasteiger partial charge in [-0.15, -0.1) is 0 Å². The summed E-state index contributed by atoms with van der Waals surface area (Å²) in [7, 11) is 0. The smallest absolute Gasteiger partial charge is 0.246 e. The maximum absolute atomic E-state index is 11.5. The van der Waals surface area contributed by atoms with E-state index in [2.05, 4.69) is 0 Å². The van der Waals surface area contributed by atoms with Crippen molar-refractivity contribution in [3.63, 3.8) is 0 Å². The van der Waals surface area contributed by atoms with Crippen LogP contribution in [0.4, 0.5) is 0 Å². The maximum Gasteiger partial charge on any atom is 0.246 e. The van der Waals surface area contributed by atoms with E-state index in [0.717, 1.165) is 0 Å². The Balaban J connectivity index is 2.43. The molecule has 1 unspecified atom stereocenters. The second kappa shape index (κ2) is 4.92. The van der Waals surface area contributed by atoms with Crippen molar-refractivity contribution in [3.8, 4) is 11.8 Å². The van der Waals surface area contributed by atoms with E-state index in [4.69, 9.17) is 14.4 Å². The predicted molar refractivity (Wildman–Crippen MR) is 66.3 cm³/mol. The first-order valence-electron chi connectivity index (χ1n) is 5.78. The summed E-state index contributed by atoms with van der Waals surface area (Å²) in [5.74, 6) is 0.443. The lowest BCUT2D eigenvalue weighted by molar-refractivity contribution is -0.124. The average Bonchev–Trinajstić information content (AvgIpc) is 2.76. The minimum absolute atomic E-state index is 0.0100. The van der Waals surface area contributed by atoms with Crippen molar-refractivity contribution < 1.29 is 13.9 Å². The van der Waals surface area contributed by atoms with Gasteiger partial charge in [0.25, 0.3) is 0 Å². The van der Waals surface area contributed by atoms with Crippen LogP contribution >= 0.6 is 0 Å². The number of rotatable bonds is 4. The van der Waals surface area contributed by atoms with E-state index in [1.807, 2.05) is 18.2 Å². The van der Waals surface area contributed by atoms with Crippen LogP contribution in [0.15, 0.2) is 28.7 Å². The normalized spacial score (nSPS) is 12.1. The molecule has 0 N–H and O–H groups in total. The molecule has 0 aliphatic rings. The van der Waals surface area contributed by atoms with Crippen molar-refractivity contribution >= 4 is 16.8 Å². The van der Waals surface area contributed by atoms with Crippen molar-refractivity contribution in [2.24, 2.45) is 0 Å². The number of ketones is 1. The van der Waals surface area contributed by atoms with Gasteiger partial charge in [-0.25, -0.2) is 0 Å². The van der Waals surface area contributed by atoms with Gasteiger partial charge in [0.2, 0.25) is 5.76 Å². The number of ether oxygens (including phenoxy) is 1. The highest BCUT2D eigenvalue weighted by Crippen LogP contribution is 2.33. The minimum Gasteiger partial charge on any atom is -0.477 e. The zero-order chi connectivity index (χ0) is 13.1. The lowest BCUT2D eigenvalue weighted by Gasteiger charge is -2.11. The SMILES string of the molecule is CCC(=O)C(C)Oc1c(C#N)oc2ccccc12. The van der Waals surface area contributed by atoms with Crippen molar-refractivity contribution in [3.05, 3.63) is 30.0 Å². The highest BCUT2D eigenvalue weighted by atomic mass is 16.5. The van der Waals surface area contributed by atoms with Crippen molar-refractivity contribution in [2.45, 2.75) is 26.4 Å². The number of carbonyl (C=O) groups is 1. The van der Waals surface area contributed by atoms with E-state index in [-0.39, 0.29) is 11.5 Å². The number of carbonyl (C=O) groups excluding carboxylic acids is 1. The number of fused-ring (bicyclic) bond motifs is 1. The van der Waals surface area contributed by atoms with Gasteiger partial charge < -0.3 is 9.15 Å². The topological polar surface area (TPSA) is 63.2 Å². The Morgan fingerprint density at radius 3 is 2.89 bits per heavy atom. The molecule has 2 aromatic rings. The van der Waals surface area contributed by atoms with Crippen molar-refractivity contribution in [1.82, 2.24) is 0 Å². The van der Waals surface area contributed by atoms with Gasteiger partial charge in [-0.3, -0.25) is 4.79 Å². The van der Waals surface area contributed by atoms with E-state index in [0.29, 0.717) is 23.1 Å². The van der Waals surface area contributed by atoms with E-state index >= 15 is 0 Å². The zero-order valence-corrected chi connectivity index (χ0v) is 10.3. The molecule has 0 saturated heterocycles. The quantitative estimate of drug-likeness (QED) is 0.827. The van der Waals surface area contributed by atoms with Crippen LogP contribution in [0.2, 0.25) is 0 Å². The molecule has 0 saturated carbocycles. The summed E-state index contributed by atoms with van der Waals surface area (Å²) in [6.45, 7) is 3.45. The van der Waals surface area contributed by atoms with E-state index in [1.54, 1.807) is 26.0 Å². The van der Waals surface area contributed by atoms with Crippen molar-refractivity contribution in [2.75, 3.05) is 0 Å². The highest BCUT2D eigenvalue weighted by Gasteiger charge is 2.20. The molecule has 1 heterocycles. The highest BCUT2D eigenvalue weighted by molar-refractivity contribution is 5.88. The maximum atomic E-state index is 11.5. The van der Waals surface area contributed by atoms with Crippen LogP contribution in [-0.4, -0.2) is 11.9 Å². The summed E-state index contributed by atoms with van der Waals surface area (Å²) in [6, 6.07) is 9.16. The summed E-state index contributed by atoms with van der Waals surface area (Å²) in [4.78, 5) is 11.5. The number of nitriles is 1. The molecular formula is C14H13NO3.